The third kappa shape index (κ3) is 4.14. The summed E-state index contributed by atoms with van der Waals surface area (Å²) in [6, 6.07) is 0.0792. The number of rotatable bonds is 5. The van der Waals surface area contributed by atoms with Crippen LogP contribution in [0.5, 0.6) is 0 Å². The Kier molecular flexibility index (Phi) is 5.09. The zero-order valence-corrected chi connectivity index (χ0v) is 11.1. The largest absolute Gasteiger partial charge is 0.352 e. The molecule has 0 unspecified atom stereocenters. The number of nitrogens with zero attached hydrogens (tertiary/aromatic N) is 2. The van der Waals surface area contributed by atoms with E-state index in [4.69, 9.17) is 0 Å². The van der Waals surface area contributed by atoms with E-state index in [0.29, 0.717) is 12.2 Å². The number of hydrogen-bond acceptors (Lipinski definition) is 4. The predicted octanol–water partition coefficient (Wildman–Crippen LogP) is 1.13. The molecule has 5 nitrogen and oxygen atoms in total. The molecule has 17 heavy (non-hydrogen) atoms. The van der Waals surface area contributed by atoms with Crippen LogP contribution >= 0.6 is 11.3 Å². The summed E-state index contributed by atoms with van der Waals surface area (Å²) in [7, 11) is 0. The van der Waals surface area contributed by atoms with Gasteiger partial charge in [0, 0.05) is 18.0 Å². The van der Waals surface area contributed by atoms with E-state index in [9.17, 15) is 9.59 Å². The number of carbonyl (C=O) groups is 2. The standard InChI is InChI=1S/C11H17N3O2S/c1-4-14(5-10(15)13-8(2)3)11(16)9-6-17-7-12-9/h6-8H,4-5H2,1-3H3,(H,13,15). The first-order valence-corrected chi connectivity index (χ1v) is 6.45. The van der Waals surface area contributed by atoms with Crippen molar-refractivity contribution < 1.29 is 9.59 Å². The molecule has 0 bridgehead atoms. The Hall–Kier alpha value is -1.43. The molecule has 1 aromatic heterocycles. The van der Waals surface area contributed by atoms with Gasteiger partial charge in [0.1, 0.15) is 5.69 Å². The molecule has 0 atom stereocenters. The van der Waals surface area contributed by atoms with Gasteiger partial charge in [-0.1, -0.05) is 0 Å². The fourth-order valence-electron chi connectivity index (χ4n) is 1.35. The van der Waals surface area contributed by atoms with Crippen molar-refractivity contribution in [1.29, 1.82) is 0 Å². The van der Waals surface area contributed by atoms with Crippen molar-refractivity contribution in [1.82, 2.24) is 15.2 Å². The van der Waals surface area contributed by atoms with Crippen molar-refractivity contribution in [2.75, 3.05) is 13.1 Å². The third-order valence-corrected chi connectivity index (χ3v) is 2.69. The van der Waals surface area contributed by atoms with Crippen LogP contribution in [0, 0.1) is 0 Å². The minimum Gasteiger partial charge on any atom is -0.352 e. The number of carbonyl (C=O) groups excluding carboxylic acids is 2. The summed E-state index contributed by atoms with van der Waals surface area (Å²) in [5, 5.41) is 4.44. The Morgan fingerprint density at radius 3 is 2.71 bits per heavy atom. The monoisotopic (exact) mass is 255 g/mol. The predicted molar refractivity (Wildman–Crippen MR) is 67.0 cm³/mol. The lowest BCUT2D eigenvalue weighted by Gasteiger charge is -2.20. The third-order valence-electron chi connectivity index (χ3n) is 2.10. The fraction of sp³-hybridized carbons (Fsp3) is 0.545. The second-order valence-corrected chi connectivity index (χ2v) is 4.63. The van der Waals surface area contributed by atoms with Crippen LogP contribution in [0.15, 0.2) is 10.9 Å². The first kappa shape index (κ1) is 13.6. The van der Waals surface area contributed by atoms with Crippen LogP contribution in [0.2, 0.25) is 0 Å². The van der Waals surface area contributed by atoms with E-state index in [0.717, 1.165) is 0 Å². The number of likely N-dealkylation sites (N-methyl/N-ethyl adjacent to an activating group) is 1. The number of aromatic nitrogens is 1. The zero-order valence-electron chi connectivity index (χ0n) is 10.3. The van der Waals surface area contributed by atoms with E-state index in [1.807, 2.05) is 20.8 Å². The minimum absolute atomic E-state index is 0.0744. The van der Waals surface area contributed by atoms with Gasteiger partial charge in [0.2, 0.25) is 5.91 Å². The summed E-state index contributed by atoms with van der Waals surface area (Å²) in [6.07, 6.45) is 0. The van der Waals surface area contributed by atoms with Crippen molar-refractivity contribution >= 4 is 23.2 Å². The average molecular weight is 255 g/mol. The van der Waals surface area contributed by atoms with Crippen LogP contribution in [-0.2, 0) is 4.79 Å². The zero-order chi connectivity index (χ0) is 12.8. The summed E-state index contributed by atoms with van der Waals surface area (Å²) >= 11 is 1.37. The second kappa shape index (κ2) is 6.34. The van der Waals surface area contributed by atoms with Gasteiger partial charge < -0.3 is 10.2 Å². The lowest BCUT2D eigenvalue weighted by molar-refractivity contribution is -0.122. The molecule has 1 N–H and O–H groups in total. The van der Waals surface area contributed by atoms with Gasteiger partial charge in [-0.3, -0.25) is 9.59 Å². The van der Waals surface area contributed by atoms with Crippen LogP contribution in [0.4, 0.5) is 0 Å². The SMILES string of the molecule is CCN(CC(=O)NC(C)C)C(=O)c1cscn1. The lowest BCUT2D eigenvalue weighted by atomic mass is 10.3. The molecule has 1 heterocycles. The van der Waals surface area contributed by atoms with Gasteiger partial charge >= 0.3 is 0 Å². The molecule has 0 saturated carbocycles. The average Bonchev–Trinajstić information content (AvgIpc) is 2.77. The van der Waals surface area contributed by atoms with Gasteiger partial charge in [0.15, 0.2) is 0 Å². The van der Waals surface area contributed by atoms with E-state index < -0.39 is 0 Å². The Morgan fingerprint density at radius 2 is 2.24 bits per heavy atom. The van der Waals surface area contributed by atoms with Crippen molar-refractivity contribution in [2.45, 2.75) is 26.8 Å². The molecule has 0 aromatic carbocycles. The van der Waals surface area contributed by atoms with Gasteiger partial charge in [0.05, 0.1) is 12.1 Å². The Balaban J connectivity index is 2.60. The molecule has 2 amide bonds. The lowest BCUT2D eigenvalue weighted by Crippen LogP contribution is -2.42. The van der Waals surface area contributed by atoms with Crippen LogP contribution in [0.25, 0.3) is 0 Å². The molecule has 1 rings (SSSR count). The van der Waals surface area contributed by atoms with E-state index in [1.165, 1.54) is 16.2 Å². The molecule has 6 heteroatoms. The van der Waals surface area contributed by atoms with E-state index >= 15 is 0 Å². The molecule has 94 valence electrons. The molecule has 0 radical (unpaired) electrons. The molecule has 0 saturated heterocycles. The van der Waals surface area contributed by atoms with Crippen molar-refractivity contribution in [2.24, 2.45) is 0 Å². The highest BCUT2D eigenvalue weighted by Crippen LogP contribution is 2.05. The van der Waals surface area contributed by atoms with Crippen LogP contribution in [0.3, 0.4) is 0 Å². The molecule has 0 spiro atoms. The maximum Gasteiger partial charge on any atom is 0.273 e. The normalized spacial score (nSPS) is 10.4. The summed E-state index contributed by atoms with van der Waals surface area (Å²) in [5.41, 5.74) is 2.00. The van der Waals surface area contributed by atoms with E-state index in [2.05, 4.69) is 10.3 Å². The van der Waals surface area contributed by atoms with Gasteiger partial charge in [-0.05, 0) is 20.8 Å². The quantitative estimate of drug-likeness (QED) is 0.858. The van der Waals surface area contributed by atoms with Crippen LogP contribution in [-0.4, -0.2) is 40.8 Å². The number of thiazole rings is 1. The van der Waals surface area contributed by atoms with Crippen molar-refractivity contribution in [3.63, 3.8) is 0 Å². The fourth-order valence-corrected chi connectivity index (χ4v) is 1.87. The van der Waals surface area contributed by atoms with Gasteiger partial charge in [-0.15, -0.1) is 11.3 Å². The van der Waals surface area contributed by atoms with Gasteiger partial charge in [-0.2, -0.15) is 0 Å². The van der Waals surface area contributed by atoms with Crippen molar-refractivity contribution in [3.8, 4) is 0 Å². The van der Waals surface area contributed by atoms with Crippen LogP contribution in [0.1, 0.15) is 31.3 Å². The molecule has 0 aliphatic heterocycles. The van der Waals surface area contributed by atoms with E-state index in [1.54, 1.807) is 10.9 Å². The number of amides is 2. The highest BCUT2D eigenvalue weighted by molar-refractivity contribution is 7.07. The van der Waals surface area contributed by atoms with Gasteiger partial charge in [-0.25, -0.2) is 4.98 Å². The smallest absolute Gasteiger partial charge is 0.273 e. The first-order chi connectivity index (χ1) is 8.04. The molecule has 0 aliphatic rings. The molecule has 0 fully saturated rings. The Bertz CT molecular complexity index is 376. The van der Waals surface area contributed by atoms with Crippen molar-refractivity contribution in [3.05, 3.63) is 16.6 Å². The summed E-state index contributed by atoms with van der Waals surface area (Å²) in [6.45, 7) is 6.17. The number of nitrogens with one attached hydrogen (secondary N) is 1. The summed E-state index contributed by atoms with van der Waals surface area (Å²) in [4.78, 5) is 29.0. The summed E-state index contributed by atoms with van der Waals surface area (Å²) in [5.74, 6) is -0.349. The molecular formula is C11H17N3O2S. The Labute approximate surface area is 105 Å². The Morgan fingerprint density at radius 1 is 1.53 bits per heavy atom. The minimum atomic E-state index is -0.201. The van der Waals surface area contributed by atoms with Gasteiger partial charge in [0.25, 0.3) is 5.91 Å². The maximum absolute atomic E-state index is 11.9. The topological polar surface area (TPSA) is 62.3 Å². The second-order valence-electron chi connectivity index (χ2n) is 3.92. The van der Waals surface area contributed by atoms with Crippen LogP contribution < -0.4 is 5.32 Å². The highest BCUT2D eigenvalue weighted by Gasteiger charge is 2.18. The highest BCUT2D eigenvalue weighted by atomic mass is 32.1. The molecule has 1 aromatic rings. The van der Waals surface area contributed by atoms with E-state index in [-0.39, 0.29) is 24.4 Å². The maximum atomic E-state index is 11.9. The molecular weight excluding hydrogens is 238 g/mol. The number of hydrogen-bond donors (Lipinski definition) is 1. The first-order valence-electron chi connectivity index (χ1n) is 5.51. The molecule has 0 aliphatic carbocycles. The summed E-state index contributed by atoms with van der Waals surface area (Å²) < 4.78 is 0.